The van der Waals surface area contributed by atoms with Gasteiger partial charge in [-0.1, -0.05) is 0 Å². The van der Waals surface area contributed by atoms with Crippen LogP contribution in [0.1, 0.15) is 40.5 Å². The maximum atomic E-state index is 11.9. The van der Waals surface area contributed by atoms with Crippen molar-refractivity contribution in [2.75, 3.05) is 13.1 Å². The van der Waals surface area contributed by atoms with Crippen LogP contribution in [0, 0.1) is 0 Å². The van der Waals surface area contributed by atoms with Crippen LogP contribution in [0.5, 0.6) is 0 Å². The Bertz CT molecular complexity index is 337. The van der Waals surface area contributed by atoms with E-state index < -0.39 is 17.7 Å². The van der Waals surface area contributed by atoms with E-state index in [-0.39, 0.29) is 11.9 Å². The number of carbonyl (C=O) groups excluding carboxylic acids is 2. The van der Waals surface area contributed by atoms with Crippen LogP contribution >= 0.6 is 0 Å². The molecule has 0 radical (unpaired) electrons. The minimum atomic E-state index is -0.513. The first kappa shape index (κ1) is 15.8. The lowest BCUT2D eigenvalue weighted by Crippen LogP contribution is -2.48. The summed E-state index contributed by atoms with van der Waals surface area (Å²) in [5, 5.41) is 2.71. The Morgan fingerprint density at radius 2 is 2.11 bits per heavy atom. The topological polar surface area (TPSA) is 84.7 Å². The van der Waals surface area contributed by atoms with Gasteiger partial charge in [0.05, 0.1) is 6.04 Å². The lowest BCUT2D eigenvalue weighted by molar-refractivity contribution is -0.132. The van der Waals surface area contributed by atoms with Gasteiger partial charge in [0.25, 0.3) is 0 Å². The van der Waals surface area contributed by atoms with Crippen LogP contribution in [0.25, 0.3) is 0 Å². The highest BCUT2D eigenvalue weighted by atomic mass is 16.6. The van der Waals surface area contributed by atoms with Crippen molar-refractivity contribution in [2.24, 2.45) is 5.73 Å². The van der Waals surface area contributed by atoms with E-state index in [2.05, 4.69) is 5.32 Å². The minimum absolute atomic E-state index is 0.0195. The molecule has 0 aromatic heterocycles. The largest absolute Gasteiger partial charge is 0.444 e. The van der Waals surface area contributed by atoms with Crippen molar-refractivity contribution in [1.82, 2.24) is 10.2 Å². The smallest absolute Gasteiger partial charge is 0.407 e. The van der Waals surface area contributed by atoms with Crippen molar-refractivity contribution in [1.29, 1.82) is 0 Å². The van der Waals surface area contributed by atoms with Crippen molar-refractivity contribution in [2.45, 2.75) is 58.2 Å². The average molecular weight is 271 g/mol. The summed E-state index contributed by atoms with van der Waals surface area (Å²) in [6, 6.07) is -0.479. The molecule has 6 nitrogen and oxygen atoms in total. The van der Waals surface area contributed by atoms with Gasteiger partial charge in [-0.3, -0.25) is 4.79 Å². The molecule has 1 aliphatic heterocycles. The summed E-state index contributed by atoms with van der Waals surface area (Å²) in [4.78, 5) is 25.2. The van der Waals surface area contributed by atoms with Crippen LogP contribution in [0.15, 0.2) is 0 Å². The number of alkyl carbamates (subject to hydrolysis) is 1. The van der Waals surface area contributed by atoms with Gasteiger partial charge in [0.15, 0.2) is 0 Å². The second kappa shape index (κ2) is 6.23. The normalized spacial score (nSPS) is 21.1. The maximum Gasteiger partial charge on any atom is 0.407 e. The van der Waals surface area contributed by atoms with Gasteiger partial charge in [0.1, 0.15) is 5.60 Å². The van der Waals surface area contributed by atoms with Crippen molar-refractivity contribution in [3.8, 4) is 0 Å². The molecule has 19 heavy (non-hydrogen) atoms. The molecule has 6 heteroatoms. The molecule has 1 fully saturated rings. The van der Waals surface area contributed by atoms with Crippen LogP contribution in [0.3, 0.4) is 0 Å². The zero-order valence-electron chi connectivity index (χ0n) is 12.2. The molecule has 3 N–H and O–H groups in total. The van der Waals surface area contributed by atoms with Crippen molar-refractivity contribution in [3.05, 3.63) is 0 Å². The SMILES string of the molecule is C[C@H](N)C(=O)N1CCC[C@@H]1CNC(=O)OC(C)(C)C. The van der Waals surface area contributed by atoms with E-state index in [1.807, 2.05) is 20.8 Å². The van der Waals surface area contributed by atoms with E-state index in [0.29, 0.717) is 13.1 Å². The summed E-state index contributed by atoms with van der Waals surface area (Å²) in [6.45, 7) is 8.24. The molecule has 2 amide bonds. The quantitative estimate of drug-likeness (QED) is 0.797. The first-order valence-corrected chi connectivity index (χ1v) is 6.73. The Kier molecular flexibility index (Phi) is 5.17. The summed E-state index contributed by atoms with van der Waals surface area (Å²) in [5.74, 6) is -0.0616. The van der Waals surface area contributed by atoms with E-state index in [9.17, 15) is 9.59 Å². The van der Waals surface area contributed by atoms with Crippen molar-refractivity contribution >= 4 is 12.0 Å². The third-order valence-electron chi connectivity index (χ3n) is 2.93. The fourth-order valence-electron chi connectivity index (χ4n) is 2.11. The Balaban J connectivity index is 2.44. The highest BCUT2D eigenvalue weighted by Gasteiger charge is 2.30. The van der Waals surface area contributed by atoms with Crippen LogP contribution in [0.2, 0.25) is 0 Å². The van der Waals surface area contributed by atoms with E-state index in [0.717, 1.165) is 12.8 Å². The predicted molar refractivity (Wildman–Crippen MR) is 72.6 cm³/mol. The molecule has 0 aromatic rings. The molecule has 110 valence electrons. The first-order chi connectivity index (χ1) is 8.70. The number of likely N-dealkylation sites (tertiary alicyclic amines) is 1. The van der Waals surface area contributed by atoms with Crippen LogP contribution in [-0.4, -0.2) is 47.7 Å². The monoisotopic (exact) mass is 271 g/mol. The summed E-state index contributed by atoms with van der Waals surface area (Å²) in [5.41, 5.74) is 5.10. The number of carbonyl (C=O) groups is 2. The van der Waals surface area contributed by atoms with Crippen molar-refractivity contribution < 1.29 is 14.3 Å². The number of rotatable bonds is 3. The Morgan fingerprint density at radius 3 is 2.63 bits per heavy atom. The summed E-state index contributed by atoms with van der Waals surface area (Å²) < 4.78 is 5.16. The van der Waals surface area contributed by atoms with Crippen LogP contribution in [0.4, 0.5) is 4.79 Å². The third-order valence-corrected chi connectivity index (χ3v) is 2.93. The van der Waals surface area contributed by atoms with Gasteiger partial charge < -0.3 is 20.7 Å². The van der Waals surface area contributed by atoms with Crippen LogP contribution < -0.4 is 11.1 Å². The van der Waals surface area contributed by atoms with Crippen molar-refractivity contribution in [3.63, 3.8) is 0 Å². The maximum absolute atomic E-state index is 11.9. The second-order valence-electron chi connectivity index (χ2n) is 6.00. The van der Waals surface area contributed by atoms with E-state index >= 15 is 0 Å². The molecule has 2 atom stereocenters. The predicted octanol–water partition coefficient (Wildman–Crippen LogP) is 0.849. The first-order valence-electron chi connectivity index (χ1n) is 6.73. The average Bonchev–Trinajstić information content (AvgIpc) is 2.70. The molecule has 0 aliphatic carbocycles. The van der Waals surface area contributed by atoms with Gasteiger partial charge in [-0.05, 0) is 40.5 Å². The number of nitrogens with two attached hydrogens (primary N) is 1. The standard InChI is InChI=1S/C13H25N3O3/c1-9(14)11(17)16-7-5-6-10(16)8-15-12(18)19-13(2,3)4/h9-10H,5-8,14H2,1-4H3,(H,15,18)/t9-,10+/m0/s1. The Hall–Kier alpha value is -1.30. The van der Waals surface area contributed by atoms with Gasteiger partial charge >= 0.3 is 6.09 Å². The van der Waals surface area contributed by atoms with E-state index in [1.165, 1.54) is 0 Å². The molecule has 0 bridgehead atoms. The highest BCUT2D eigenvalue weighted by Crippen LogP contribution is 2.17. The third kappa shape index (κ3) is 5.06. The number of hydrogen-bond donors (Lipinski definition) is 2. The molecular weight excluding hydrogens is 246 g/mol. The second-order valence-corrected chi connectivity index (χ2v) is 6.00. The molecule has 0 saturated carbocycles. The molecule has 1 heterocycles. The summed E-state index contributed by atoms with van der Waals surface area (Å²) >= 11 is 0. The molecule has 0 aromatic carbocycles. The Labute approximate surface area is 114 Å². The lowest BCUT2D eigenvalue weighted by Gasteiger charge is -2.27. The molecule has 1 saturated heterocycles. The minimum Gasteiger partial charge on any atom is -0.444 e. The van der Waals surface area contributed by atoms with Gasteiger partial charge in [-0.2, -0.15) is 0 Å². The van der Waals surface area contributed by atoms with Gasteiger partial charge in [-0.25, -0.2) is 4.79 Å². The van der Waals surface area contributed by atoms with Gasteiger partial charge in [0, 0.05) is 19.1 Å². The number of nitrogens with zero attached hydrogens (tertiary/aromatic N) is 1. The number of hydrogen-bond acceptors (Lipinski definition) is 4. The number of amides is 2. The molecule has 0 spiro atoms. The van der Waals surface area contributed by atoms with Gasteiger partial charge in [0.2, 0.25) is 5.91 Å². The molecule has 1 rings (SSSR count). The van der Waals surface area contributed by atoms with E-state index in [1.54, 1.807) is 11.8 Å². The Morgan fingerprint density at radius 1 is 1.47 bits per heavy atom. The van der Waals surface area contributed by atoms with E-state index in [4.69, 9.17) is 10.5 Å². The van der Waals surface area contributed by atoms with Crippen LogP contribution in [-0.2, 0) is 9.53 Å². The fraction of sp³-hybridized carbons (Fsp3) is 0.846. The molecular formula is C13H25N3O3. The zero-order chi connectivity index (χ0) is 14.6. The highest BCUT2D eigenvalue weighted by molar-refractivity contribution is 5.81. The molecule has 1 aliphatic rings. The number of ether oxygens (including phenoxy) is 1. The summed E-state index contributed by atoms with van der Waals surface area (Å²) in [7, 11) is 0. The summed E-state index contributed by atoms with van der Waals surface area (Å²) in [6.07, 6.45) is 1.38. The fourth-order valence-corrected chi connectivity index (χ4v) is 2.11. The number of nitrogens with one attached hydrogen (secondary N) is 1. The molecule has 0 unspecified atom stereocenters. The van der Waals surface area contributed by atoms with Gasteiger partial charge in [-0.15, -0.1) is 0 Å². The zero-order valence-corrected chi connectivity index (χ0v) is 12.2. The lowest BCUT2D eigenvalue weighted by atomic mass is 10.2.